The lowest BCUT2D eigenvalue weighted by Gasteiger charge is -2.06. The van der Waals surface area contributed by atoms with Crippen LogP contribution in [0.25, 0.3) is 0 Å². The fourth-order valence-electron chi connectivity index (χ4n) is 0.446. The molecule has 0 saturated carbocycles. The first-order valence-electron chi connectivity index (χ1n) is 2.23. The minimum Gasteiger partial charge on any atom is -0.276 e. The number of hydrogen-bond acceptors (Lipinski definition) is 5. The molecule has 1 aliphatic rings. The first-order chi connectivity index (χ1) is 4.15. The summed E-state index contributed by atoms with van der Waals surface area (Å²) in [5, 5.41) is 10.1. The molecule has 6 heteroatoms. The van der Waals surface area contributed by atoms with E-state index >= 15 is 0 Å². The molecule has 1 heterocycles. The van der Waals surface area contributed by atoms with Gasteiger partial charge in [0.1, 0.15) is 6.21 Å². The third kappa shape index (κ3) is 1.03. The number of nitro groups is 1. The zero-order valence-electron chi connectivity index (χ0n) is 4.48. The highest BCUT2D eigenvalue weighted by molar-refractivity contribution is 8.01. The predicted octanol–water partition coefficient (Wildman–Crippen LogP) is -0.349. The van der Waals surface area contributed by atoms with Crippen LogP contribution < -0.4 is 5.73 Å². The van der Waals surface area contributed by atoms with Crippen LogP contribution in [0.1, 0.15) is 0 Å². The summed E-state index contributed by atoms with van der Waals surface area (Å²) < 4.78 is 0. The van der Waals surface area contributed by atoms with Crippen molar-refractivity contribution >= 4 is 18.0 Å². The molecule has 0 spiro atoms. The highest BCUT2D eigenvalue weighted by Crippen LogP contribution is 2.22. The lowest BCUT2D eigenvalue weighted by atomic mass is 10.6. The Morgan fingerprint density at radius 3 is 2.89 bits per heavy atom. The van der Waals surface area contributed by atoms with E-state index in [0.717, 1.165) is 18.0 Å². The lowest BCUT2D eigenvalue weighted by Crippen LogP contribution is -2.44. The maximum atomic E-state index is 10.1. The molecular formula is C3H5N3O2S. The average Bonchev–Trinajstić information content (AvgIpc) is 2.16. The Balaban J connectivity index is 2.74. The Labute approximate surface area is 55.5 Å². The Morgan fingerprint density at radius 1 is 2.00 bits per heavy atom. The van der Waals surface area contributed by atoms with Gasteiger partial charge in [0.2, 0.25) is 0 Å². The van der Waals surface area contributed by atoms with Crippen LogP contribution in [0.3, 0.4) is 0 Å². The van der Waals surface area contributed by atoms with Crippen molar-refractivity contribution in [2.75, 3.05) is 5.88 Å². The van der Waals surface area contributed by atoms with Crippen molar-refractivity contribution in [1.29, 1.82) is 0 Å². The van der Waals surface area contributed by atoms with Crippen molar-refractivity contribution in [2.24, 2.45) is 10.7 Å². The van der Waals surface area contributed by atoms with Gasteiger partial charge >= 0.3 is 4.99 Å². The SMILES string of the molecule is NC1([N+](=O)[O-])C=NCS1. The van der Waals surface area contributed by atoms with Crippen molar-refractivity contribution in [3.8, 4) is 0 Å². The van der Waals surface area contributed by atoms with Crippen molar-refractivity contribution in [2.45, 2.75) is 4.99 Å². The maximum Gasteiger partial charge on any atom is 0.357 e. The summed E-state index contributed by atoms with van der Waals surface area (Å²) in [6.45, 7) is 0. The predicted molar refractivity (Wildman–Crippen MR) is 34.9 cm³/mol. The van der Waals surface area contributed by atoms with E-state index in [2.05, 4.69) is 4.99 Å². The molecule has 5 nitrogen and oxygen atoms in total. The molecule has 1 unspecified atom stereocenters. The average molecular weight is 147 g/mol. The van der Waals surface area contributed by atoms with E-state index in [1.807, 2.05) is 0 Å². The molecule has 0 amide bonds. The largest absolute Gasteiger partial charge is 0.357 e. The third-order valence-corrected chi connectivity index (χ3v) is 1.93. The van der Waals surface area contributed by atoms with E-state index in [9.17, 15) is 10.1 Å². The zero-order chi connectivity index (χ0) is 6.91. The molecule has 1 rings (SSSR count). The summed E-state index contributed by atoms with van der Waals surface area (Å²) in [4.78, 5) is 11.7. The molecule has 0 aromatic heterocycles. The molecule has 0 radical (unpaired) electrons. The molecule has 0 fully saturated rings. The molecule has 0 aromatic rings. The number of aliphatic imine (C=N–C) groups is 1. The van der Waals surface area contributed by atoms with Crippen LogP contribution in [-0.4, -0.2) is 22.0 Å². The first-order valence-corrected chi connectivity index (χ1v) is 3.22. The van der Waals surface area contributed by atoms with Crippen molar-refractivity contribution in [3.05, 3.63) is 10.1 Å². The molecule has 1 aliphatic heterocycles. The van der Waals surface area contributed by atoms with E-state index in [0.29, 0.717) is 5.88 Å². The molecular weight excluding hydrogens is 142 g/mol. The molecule has 2 N–H and O–H groups in total. The van der Waals surface area contributed by atoms with Crippen LogP contribution >= 0.6 is 11.8 Å². The van der Waals surface area contributed by atoms with Crippen LogP contribution in [-0.2, 0) is 0 Å². The van der Waals surface area contributed by atoms with Gasteiger partial charge in [0, 0.05) is 0 Å². The van der Waals surface area contributed by atoms with E-state index in [1.165, 1.54) is 0 Å². The highest BCUT2D eigenvalue weighted by Gasteiger charge is 2.39. The quantitative estimate of drug-likeness (QED) is 0.312. The van der Waals surface area contributed by atoms with Gasteiger partial charge in [0.25, 0.3) is 0 Å². The fourth-order valence-corrected chi connectivity index (χ4v) is 1.06. The second kappa shape index (κ2) is 1.96. The number of thioether (sulfide) groups is 1. The Bertz CT molecular complexity index is 170. The van der Waals surface area contributed by atoms with Crippen LogP contribution in [0, 0.1) is 10.1 Å². The monoisotopic (exact) mass is 147 g/mol. The second-order valence-corrected chi connectivity index (χ2v) is 2.79. The second-order valence-electron chi connectivity index (χ2n) is 1.59. The highest BCUT2D eigenvalue weighted by atomic mass is 32.2. The maximum absolute atomic E-state index is 10.1. The van der Waals surface area contributed by atoms with Crippen LogP contribution in [0.5, 0.6) is 0 Å². The molecule has 0 saturated heterocycles. The molecule has 0 aliphatic carbocycles. The van der Waals surface area contributed by atoms with Gasteiger partial charge < -0.3 is 0 Å². The van der Waals surface area contributed by atoms with Crippen molar-refractivity contribution in [3.63, 3.8) is 0 Å². The molecule has 9 heavy (non-hydrogen) atoms. The molecule has 50 valence electrons. The van der Waals surface area contributed by atoms with Crippen LogP contribution in [0.4, 0.5) is 0 Å². The van der Waals surface area contributed by atoms with Crippen LogP contribution in [0.2, 0.25) is 0 Å². The van der Waals surface area contributed by atoms with E-state index in [4.69, 9.17) is 5.73 Å². The number of nitrogens with zero attached hydrogens (tertiary/aromatic N) is 2. The van der Waals surface area contributed by atoms with Crippen molar-refractivity contribution < 1.29 is 4.92 Å². The van der Waals surface area contributed by atoms with Gasteiger partial charge in [-0.05, 0) is 11.8 Å². The van der Waals surface area contributed by atoms with Crippen molar-refractivity contribution in [1.82, 2.24) is 0 Å². The summed E-state index contributed by atoms with van der Waals surface area (Å²) in [6, 6.07) is 0. The molecule has 0 bridgehead atoms. The zero-order valence-corrected chi connectivity index (χ0v) is 5.30. The van der Waals surface area contributed by atoms with Gasteiger partial charge in [-0.1, -0.05) is 0 Å². The topological polar surface area (TPSA) is 81.5 Å². The third-order valence-electron chi connectivity index (χ3n) is 0.932. The molecule has 0 aromatic carbocycles. The summed E-state index contributed by atoms with van der Waals surface area (Å²) in [5.41, 5.74) is 5.22. The first kappa shape index (κ1) is 6.50. The van der Waals surface area contributed by atoms with E-state index in [1.54, 1.807) is 0 Å². The van der Waals surface area contributed by atoms with Gasteiger partial charge in [-0.2, -0.15) is 0 Å². The van der Waals surface area contributed by atoms with E-state index < -0.39 is 9.92 Å². The minimum atomic E-state index is -1.46. The summed E-state index contributed by atoms with van der Waals surface area (Å²) in [7, 11) is 0. The van der Waals surface area contributed by atoms with Crippen LogP contribution in [0.15, 0.2) is 4.99 Å². The number of nitrogens with two attached hydrogens (primary N) is 1. The minimum absolute atomic E-state index is 0.386. The van der Waals surface area contributed by atoms with Gasteiger partial charge in [0.05, 0.1) is 10.8 Å². The fraction of sp³-hybridized carbons (Fsp3) is 0.667. The lowest BCUT2D eigenvalue weighted by molar-refractivity contribution is -0.514. The Hall–Kier alpha value is -0.620. The Kier molecular flexibility index (Phi) is 1.42. The number of hydrogen-bond donors (Lipinski definition) is 1. The van der Waals surface area contributed by atoms with Gasteiger partial charge in [-0.15, -0.1) is 0 Å². The summed E-state index contributed by atoms with van der Waals surface area (Å²) in [5.74, 6) is 0.386. The van der Waals surface area contributed by atoms with Gasteiger partial charge in [-0.3, -0.25) is 20.8 Å². The van der Waals surface area contributed by atoms with Gasteiger partial charge in [0.15, 0.2) is 0 Å². The van der Waals surface area contributed by atoms with E-state index in [-0.39, 0.29) is 0 Å². The standard InChI is InChI=1S/C3H5N3O2S/c4-3(6(7)8)1-5-2-9-3/h1H,2,4H2. The molecule has 1 atom stereocenters. The van der Waals surface area contributed by atoms with Gasteiger partial charge in [-0.25, -0.2) is 0 Å². The Morgan fingerprint density at radius 2 is 2.67 bits per heavy atom. The summed E-state index contributed by atoms with van der Waals surface area (Å²) >= 11 is 1.01. The smallest absolute Gasteiger partial charge is 0.276 e. The summed E-state index contributed by atoms with van der Waals surface area (Å²) in [6.07, 6.45) is 1.16. The normalized spacial score (nSPS) is 33.0. The number of rotatable bonds is 1.